The van der Waals surface area contributed by atoms with E-state index < -0.39 is 15.4 Å². The Kier molecular flexibility index (Phi) is 4.88. The zero-order valence-corrected chi connectivity index (χ0v) is 16.9. The van der Waals surface area contributed by atoms with Gasteiger partial charge in [0.25, 0.3) is 0 Å². The lowest BCUT2D eigenvalue weighted by Gasteiger charge is -2.29. The van der Waals surface area contributed by atoms with Crippen LogP contribution in [0.1, 0.15) is 31.2 Å². The SMILES string of the molecule is CS(=O)(=O)Nc1nnc(NC(=O)C2(c3ccc4c(c3)OCCO4)CCCC2)s1. The highest BCUT2D eigenvalue weighted by molar-refractivity contribution is 7.92. The minimum atomic E-state index is -3.45. The van der Waals surface area contributed by atoms with Crippen LogP contribution in [0.25, 0.3) is 0 Å². The number of carbonyl (C=O) groups excluding carboxylic acids is 1. The van der Waals surface area contributed by atoms with Crippen molar-refractivity contribution in [2.75, 3.05) is 29.5 Å². The molecule has 1 fully saturated rings. The molecule has 1 aromatic heterocycles. The van der Waals surface area contributed by atoms with Crippen LogP contribution in [0.3, 0.4) is 0 Å². The summed E-state index contributed by atoms with van der Waals surface area (Å²) in [5, 5.41) is 10.8. The number of anilines is 2. The number of carbonyl (C=O) groups is 1. The topological polar surface area (TPSA) is 120 Å². The second-order valence-electron chi connectivity index (χ2n) is 6.89. The summed E-state index contributed by atoms with van der Waals surface area (Å²) < 4.78 is 36.1. The molecule has 2 aromatic rings. The number of nitrogens with one attached hydrogen (secondary N) is 2. The monoisotopic (exact) mass is 424 g/mol. The first-order valence-corrected chi connectivity index (χ1v) is 11.6. The third-order valence-electron chi connectivity index (χ3n) is 4.90. The highest BCUT2D eigenvalue weighted by atomic mass is 32.2. The van der Waals surface area contributed by atoms with Gasteiger partial charge in [-0.1, -0.05) is 30.2 Å². The van der Waals surface area contributed by atoms with Crippen LogP contribution in [0.5, 0.6) is 11.5 Å². The van der Waals surface area contributed by atoms with E-state index >= 15 is 0 Å². The zero-order chi connectivity index (χ0) is 19.8. The molecule has 150 valence electrons. The number of ether oxygens (including phenoxy) is 2. The van der Waals surface area contributed by atoms with E-state index in [-0.39, 0.29) is 16.2 Å². The van der Waals surface area contributed by atoms with E-state index in [9.17, 15) is 13.2 Å². The van der Waals surface area contributed by atoms with Gasteiger partial charge in [-0.15, -0.1) is 10.2 Å². The van der Waals surface area contributed by atoms with Gasteiger partial charge in [-0.05, 0) is 30.5 Å². The average Bonchev–Trinajstić information content (AvgIpc) is 3.30. The molecule has 1 aromatic carbocycles. The van der Waals surface area contributed by atoms with Crippen LogP contribution >= 0.6 is 11.3 Å². The number of hydrogen-bond acceptors (Lipinski definition) is 8. The van der Waals surface area contributed by atoms with Crippen LogP contribution in [0.2, 0.25) is 0 Å². The molecule has 1 aliphatic carbocycles. The van der Waals surface area contributed by atoms with Crippen LogP contribution in [0, 0.1) is 0 Å². The van der Waals surface area contributed by atoms with Crippen LogP contribution < -0.4 is 19.5 Å². The molecule has 2 N–H and O–H groups in total. The van der Waals surface area contributed by atoms with E-state index in [1.165, 1.54) is 0 Å². The van der Waals surface area contributed by atoms with E-state index in [0.717, 1.165) is 36.0 Å². The van der Waals surface area contributed by atoms with Gasteiger partial charge in [0.05, 0.1) is 11.7 Å². The Bertz CT molecular complexity index is 999. The second kappa shape index (κ2) is 7.21. The Hall–Kier alpha value is -2.40. The molecule has 0 spiro atoms. The molecule has 0 bridgehead atoms. The number of aromatic nitrogens is 2. The zero-order valence-electron chi connectivity index (χ0n) is 15.2. The Labute approximate surface area is 166 Å². The second-order valence-corrected chi connectivity index (χ2v) is 9.61. The third kappa shape index (κ3) is 3.76. The smallest absolute Gasteiger partial charge is 0.236 e. The first-order valence-electron chi connectivity index (χ1n) is 8.89. The van der Waals surface area contributed by atoms with Crippen molar-refractivity contribution < 1.29 is 22.7 Å². The van der Waals surface area contributed by atoms with E-state index in [2.05, 4.69) is 20.2 Å². The normalized spacial score (nSPS) is 17.9. The summed E-state index contributed by atoms with van der Waals surface area (Å²) in [5.41, 5.74) is 0.192. The number of amides is 1. The maximum Gasteiger partial charge on any atom is 0.236 e. The highest BCUT2D eigenvalue weighted by Crippen LogP contribution is 2.45. The molecule has 1 aliphatic heterocycles. The first kappa shape index (κ1) is 18.9. The van der Waals surface area contributed by atoms with Gasteiger partial charge in [0, 0.05) is 0 Å². The minimum Gasteiger partial charge on any atom is -0.486 e. The Balaban J connectivity index is 1.58. The molecule has 2 heterocycles. The van der Waals surface area contributed by atoms with Gasteiger partial charge in [-0.3, -0.25) is 14.8 Å². The molecule has 11 heteroatoms. The van der Waals surface area contributed by atoms with Crippen molar-refractivity contribution in [2.45, 2.75) is 31.1 Å². The largest absolute Gasteiger partial charge is 0.486 e. The standard InChI is InChI=1S/C17H20N4O5S2/c1-28(23,24)21-16-20-19-15(27-16)18-14(22)17(6-2-3-7-17)11-4-5-12-13(10-11)26-9-8-25-12/h4-5,10H,2-3,6-9H2,1H3,(H,20,21)(H,18,19,22). The van der Waals surface area contributed by atoms with Gasteiger partial charge in [0.15, 0.2) is 11.5 Å². The maximum absolute atomic E-state index is 13.2. The van der Waals surface area contributed by atoms with Crippen LogP contribution in [0.4, 0.5) is 10.3 Å². The lowest BCUT2D eigenvalue weighted by Crippen LogP contribution is -2.38. The van der Waals surface area contributed by atoms with Gasteiger partial charge in [0.2, 0.25) is 26.2 Å². The fourth-order valence-electron chi connectivity index (χ4n) is 3.66. The molecule has 9 nitrogen and oxygen atoms in total. The quantitative estimate of drug-likeness (QED) is 0.754. The Morgan fingerprint density at radius 2 is 1.79 bits per heavy atom. The number of fused-ring (bicyclic) bond motifs is 1. The Morgan fingerprint density at radius 3 is 2.50 bits per heavy atom. The molecular weight excluding hydrogens is 404 g/mol. The fourth-order valence-corrected chi connectivity index (χ4v) is 5.13. The van der Waals surface area contributed by atoms with Crippen molar-refractivity contribution in [3.8, 4) is 11.5 Å². The number of benzene rings is 1. The van der Waals surface area contributed by atoms with Gasteiger partial charge in [0.1, 0.15) is 13.2 Å². The van der Waals surface area contributed by atoms with Crippen molar-refractivity contribution in [2.24, 2.45) is 0 Å². The Morgan fingerprint density at radius 1 is 1.11 bits per heavy atom. The number of nitrogens with zero attached hydrogens (tertiary/aromatic N) is 2. The molecular formula is C17H20N4O5S2. The summed E-state index contributed by atoms with van der Waals surface area (Å²) in [7, 11) is -3.45. The van der Waals surface area contributed by atoms with Crippen LogP contribution in [-0.2, 0) is 20.2 Å². The van der Waals surface area contributed by atoms with Crippen molar-refractivity contribution in [1.82, 2.24) is 10.2 Å². The van der Waals surface area contributed by atoms with E-state index in [1.54, 1.807) is 0 Å². The van der Waals surface area contributed by atoms with Crippen molar-refractivity contribution in [3.63, 3.8) is 0 Å². The summed E-state index contributed by atoms with van der Waals surface area (Å²) in [6.45, 7) is 0.995. The minimum absolute atomic E-state index is 0.109. The molecule has 0 atom stereocenters. The number of sulfonamides is 1. The summed E-state index contributed by atoms with van der Waals surface area (Å²) in [4.78, 5) is 13.2. The van der Waals surface area contributed by atoms with E-state index in [0.29, 0.717) is 37.6 Å². The molecule has 1 saturated carbocycles. The molecule has 2 aliphatic rings. The average molecular weight is 425 g/mol. The van der Waals surface area contributed by atoms with Crippen molar-refractivity contribution in [3.05, 3.63) is 23.8 Å². The van der Waals surface area contributed by atoms with E-state index in [1.807, 2.05) is 18.2 Å². The molecule has 0 saturated heterocycles. The van der Waals surface area contributed by atoms with Gasteiger partial charge >= 0.3 is 0 Å². The fraction of sp³-hybridized carbons (Fsp3) is 0.471. The predicted molar refractivity (Wildman–Crippen MR) is 105 cm³/mol. The van der Waals surface area contributed by atoms with Gasteiger partial charge < -0.3 is 9.47 Å². The summed E-state index contributed by atoms with van der Waals surface area (Å²) in [6, 6.07) is 5.64. The molecule has 0 unspecified atom stereocenters. The molecule has 0 radical (unpaired) electrons. The van der Waals surface area contributed by atoms with Crippen LogP contribution in [-0.4, -0.2) is 44.0 Å². The lowest BCUT2D eigenvalue weighted by atomic mass is 9.78. The van der Waals surface area contributed by atoms with Gasteiger partial charge in [-0.2, -0.15) is 0 Å². The summed E-state index contributed by atoms with van der Waals surface area (Å²) >= 11 is 0.974. The number of rotatable bonds is 5. The predicted octanol–water partition coefficient (Wildman–Crippen LogP) is 2.13. The maximum atomic E-state index is 13.2. The summed E-state index contributed by atoms with van der Waals surface area (Å²) in [5.74, 6) is 1.16. The van der Waals surface area contributed by atoms with Crippen molar-refractivity contribution >= 4 is 37.5 Å². The molecule has 1 amide bonds. The lowest BCUT2D eigenvalue weighted by molar-refractivity contribution is -0.121. The molecule has 4 rings (SSSR count). The number of hydrogen-bond donors (Lipinski definition) is 2. The highest BCUT2D eigenvalue weighted by Gasteiger charge is 2.43. The van der Waals surface area contributed by atoms with Crippen LogP contribution in [0.15, 0.2) is 18.2 Å². The molecule has 28 heavy (non-hydrogen) atoms. The first-order chi connectivity index (χ1) is 13.4. The third-order valence-corrected chi connectivity index (χ3v) is 6.35. The van der Waals surface area contributed by atoms with Crippen molar-refractivity contribution in [1.29, 1.82) is 0 Å². The van der Waals surface area contributed by atoms with E-state index in [4.69, 9.17) is 9.47 Å². The summed E-state index contributed by atoms with van der Waals surface area (Å²) in [6.07, 6.45) is 4.34. The van der Waals surface area contributed by atoms with Gasteiger partial charge in [-0.25, -0.2) is 8.42 Å².